The average Bonchev–Trinajstić information content (AvgIpc) is 3.27. The third-order valence-electron chi connectivity index (χ3n) is 3.95. The number of carbonyl (C=O) groups excluding carboxylic acids is 1. The van der Waals surface area contributed by atoms with E-state index in [2.05, 4.69) is 15.1 Å². The number of benzene rings is 1. The summed E-state index contributed by atoms with van der Waals surface area (Å²) in [5.41, 5.74) is 10.3. The fraction of sp³-hybridized carbons (Fsp3) is 0.118. The van der Waals surface area contributed by atoms with E-state index >= 15 is 0 Å². The number of rotatable bonds is 2. The van der Waals surface area contributed by atoms with Crippen molar-refractivity contribution >= 4 is 34.1 Å². The van der Waals surface area contributed by atoms with E-state index in [1.165, 1.54) is 4.68 Å². The number of nitrogens with one attached hydrogen (secondary N) is 1. The van der Waals surface area contributed by atoms with E-state index in [9.17, 15) is 4.79 Å². The van der Waals surface area contributed by atoms with Crippen LogP contribution in [0.5, 0.6) is 0 Å². The highest BCUT2D eigenvalue weighted by atomic mass is 32.1. The van der Waals surface area contributed by atoms with Crippen LogP contribution in [0.15, 0.2) is 35.7 Å². The first-order valence-electron chi connectivity index (χ1n) is 7.44. The predicted octanol–water partition coefficient (Wildman–Crippen LogP) is 3.38. The highest BCUT2D eigenvalue weighted by Gasteiger charge is 2.22. The highest BCUT2D eigenvalue weighted by Crippen LogP contribution is 2.30. The molecule has 0 saturated heterocycles. The van der Waals surface area contributed by atoms with E-state index in [-0.39, 0.29) is 11.7 Å². The summed E-state index contributed by atoms with van der Waals surface area (Å²) in [5, 5.41) is 6.37. The molecular formula is C17H15N5OS. The van der Waals surface area contributed by atoms with Gasteiger partial charge in [-0.1, -0.05) is 12.1 Å². The summed E-state index contributed by atoms with van der Waals surface area (Å²) < 4.78 is 1.22. The molecule has 0 aliphatic carbocycles. The van der Waals surface area contributed by atoms with E-state index in [4.69, 9.17) is 5.73 Å². The van der Waals surface area contributed by atoms with Gasteiger partial charge in [-0.25, -0.2) is 4.98 Å². The molecule has 0 unspecified atom stereocenters. The first-order valence-corrected chi connectivity index (χ1v) is 8.32. The number of aromatic amines is 1. The lowest BCUT2D eigenvalue weighted by atomic mass is 10.2. The molecule has 0 bridgehead atoms. The Morgan fingerprint density at radius 2 is 2.12 bits per heavy atom. The van der Waals surface area contributed by atoms with E-state index in [0.29, 0.717) is 5.82 Å². The SMILES string of the molecule is Cc1ccc2nc(C(=O)n3nc(-c4cccs4)c(C)c3N)[nH]c2c1. The van der Waals surface area contributed by atoms with Gasteiger partial charge < -0.3 is 10.7 Å². The summed E-state index contributed by atoms with van der Waals surface area (Å²) in [6.07, 6.45) is 0. The summed E-state index contributed by atoms with van der Waals surface area (Å²) in [6, 6.07) is 9.69. The molecule has 0 aliphatic heterocycles. The van der Waals surface area contributed by atoms with Crippen LogP contribution >= 0.6 is 11.3 Å². The number of fused-ring (bicyclic) bond motifs is 1. The number of hydrogen-bond donors (Lipinski definition) is 2. The fourth-order valence-electron chi connectivity index (χ4n) is 2.64. The van der Waals surface area contributed by atoms with Crippen LogP contribution in [0.2, 0.25) is 0 Å². The Morgan fingerprint density at radius 3 is 2.88 bits per heavy atom. The van der Waals surface area contributed by atoms with E-state index in [0.717, 1.165) is 32.7 Å². The molecule has 0 spiro atoms. The Hall–Kier alpha value is -2.93. The summed E-state index contributed by atoms with van der Waals surface area (Å²) >= 11 is 1.56. The number of hydrogen-bond acceptors (Lipinski definition) is 5. The number of nitrogens with two attached hydrogens (primary N) is 1. The number of H-pyrrole nitrogens is 1. The maximum absolute atomic E-state index is 12.8. The molecule has 0 atom stereocenters. The lowest BCUT2D eigenvalue weighted by Gasteiger charge is -1.99. The zero-order valence-corrected chi connectivity index (χ0v) is 14.0. The average molecular weight is 337 g/mol. The van der Waals surface area contributed by atoms with Crippen LogP contribution in [0.4, 0.5) is 5.82 Å². The van der Waals surface area contributed by atoms with Crippen LogP contribution in [-0.2, 0) is 0 Å². The summed E-state index contributed by atoms with van der Waals surface area (Å²) in [4.78, 5) is 21.2. The topological polar surface area (TPSA) is 89.6 Å². The van der Waals surface area contributed by atoms with Gasteiger partial charge >= 0.3 is 5.91 Å². The molecule has 3 N–H and O–H groups in total. The lowest BCUT2D eigenvalue weighted by Crippen LogP contribution is -2.17. The maximum Gasteiger partial charge on any atom is 0.315 e. The Kier molecular flexibility index (Phi) is 3.24. The number of carbonyl (C=O) groups is 1. The smallest absolute Gasteiger partial charge is 0.315 e. The minimum atomic E-state index is -0.368. The van der Waals surface area contributed by atoms with Crippen LogP contribution in [0.3, 0.4) is 0 Å². The van der Waals surface area contributed by atoms with Crippen LogP contribution in [0.25, 0.3) is 21.6 Å². The first kappa shape index (κ1) is 14.6. The molecular weight excluding hydrogens is 322 g/mol. The van der Waals surface area contributed by atoms with Crippen molar-refractivity contribution in [2.45, 2.75) is 13.8 Å². The zero-order chi connectivity index (χ0) is 16.8. The molecule has 7 heteroatoms. The molecule has 4 rings (SSSR count). The van der Waals surface area contributed by atoms with Gasteiger partial charge in [0.05, 0.1) is 15.9 Å². The number of aryl methyl sites for hydroxylation is 1. The fourth-order valence-corrected chi connectivity index (χ4v) is 3.40. The van der Waals surface area contributed by atoms with Crippen molar-refractivity contribution in [3.05, 3.63) is 52.7 Å². The summed E-state index contributed by atoms with van der Waals surface area (Å²) in [7, 11) is 0. The van der Waals surface area contributed by atoms with Gasteiger partial charge in [-0.15, -0.1) is 11.3 Å². The van der Waals surface area contributed by atoms with Gasteiger partial charge in [-0.05, 0) is 43.0 Å². The molecule has 4 aromatic rings. The van der Waals surface area contributed by atoms with Crippen LogP contribution in [0, 0.1) is 13.8 Å². The number of nitrogen functional groups attached to an aromatic ring is 1. The normalized spacial score (nSPS) is 11.2. The number of imidazole rings is 1. The third kappa shape index (κ3) is 2.21. The van der Waals surface area contributed by atoms with Crippen molar-refractivity contribution < 1.29 is 4.79 Å². The second-order valence-corrected chi connectivity index (χ2v) is 6.61. The number of thiophene rings is 1. The van der Waals surface area contributed by atoms with E-state index in [1.54, 1.807) is 11.3 Å². The van der Waals surface area contributed by atoms with Crippen molar-refractivity contribution in [3.8, 4) is 10.6 Å². The highest BCUT2D eigenvalue weighted by molar-refractivity contribution is 7.13. The molecule has 1 aromatic carbocycles. The van der Waals surface area contributed by atoms with Gasteiger partial charge in [0.15, 0.2) is 5.82 Å². The summed E-state index contributed by atoms with van der Waals surface area (Å²) in [6.45, 7) is 3.85. The molecule has 3 aromatic heterocycles. The first-order chi connectivity index (χ1) is 11.5. The van der Waals surface area contributed by atoms with Gasteiger partial charge in [-0.3, -0.25) is 4.79 Å². The van der Waals surface area contributed by atoms with Gasteiger partial charge in [0.2, 0.25) is 0 Å². The van der Waals surface area contributed by atoms with Crippen LogP contribution in [0.1, 0.15) is 21.7 Å². The Labute approximate surface area is 141 Å². The van der Waals surface area contributed by atoms with Gasteiger partial charge in [0, 0.05) is 5.56 Å². The monoisotopic (exact) mass is 337 g/mol. The summed E-state index contributed by atoms with van der Waals surface area (Å²) in [5.74, 6) is 0.190. The second-order valence-electron chi connectivity index (χ2n) is 5.66. The molecule has 24 heavy (non-hydrogen) atoms. The van der Waals surface area contributed by atoms with E-state index in [1.807, 2.05) is 49.6 Å². The molecule has 0 saturated carbocycles. The number of aromatic nitrogens is 4. The largest absolute Gasteiger partial charge is 0.383 e. The Balaban J connectivity index is 1.80. The predicted molar refractivity (Wildman–Crippen MR) is 95.2 cm³/mol. The van der Waals surface area contributed by atoms with Crippen molar-refractivity contribution in [1.82, 2.24) is 19.7 Å². The minimum Gasteiger partial charge on any atom is -0.383 e. The van der Waals surface area contributed by atoms with Gasteiger partial charge in [-0.2, -0.15) is 9.78 Å². The second kappa shape index (κ2) is 5.31. The molecule has 3 heterocycles. The molecule has 120 valence electrons. The van der Waals surface area contributed by atoms with Crippen molar-refractivity contribution in [3.63, 3.8) is 0 Å². The molecule has 6 nitrogen and oxygen atoms in total. The van der Waals surface area contributed by atoms with Crippen molar-refractivity contribution in [1.29, 1.82) is 0 Å². The van der Waals surface area contributed by atoms with Crippen molar-refractivity contribution in [2.24, 2.45) is 0 Å². The lowest BCUT2D eigenvalue weighted by molar-refractivity contribution is 0.0939. The number of anilines is 1. The van der Waals surface area contributed by atoms with Crippen LogP contribution in [-0.4, -0.2) is 25.7 Å². The standard InChI is InChI=1S/C17H15N5OS/c1-9-5-6-11-12(8-9)20-16(19-11)17(23)22-15(18)10(2)14(21-22)13-4-3-7-24-13/h3-8H,18H2,1-2H3,(H,19,20). The van der Waals surface area contributed by atoms with E-state index < -0.39 is 0 Å². The number of nitrogens with zero attached hydrogens (tertiary/aromatic N) is 3. The quantitative estimate of drug-likeness (QED) is 0.587. The van der Waals surface area contributed by atoms with Gasteiger partial charge in [0.1, 0.15) is 11.5 Å². The maximum atomic E-state index is 12.8. The zero-order valence-electron chi connectivity index (χ0n) is 13.2. The molecule has 0 amide bonds. The van der Waals surface area contributed by atoms with Gasteiger partial charge in [0.25, 0.3) is 0 Å². The Bertz CT molecular complexity index is 1060. The molecule has 0 aliphatic rings. The Morgan fingerprint density at radius 1 is 1.29 bits per heavy atom. The van der Waals surface area contributed by atoms with Crippen molar-refractivity contribution in [2.75, 3.05) is 5.73 Å². The minimum absolute atomic E-state index is 0.225. The molecule has 0 radical (unpaired) electrons. The third-order valence-corrected chi connectivity index (χ3v) is 4.83. The molecule has 0 fully saturated rings. The van der Waals surface area contributed by atoms with Crippen LogP contribution < -0.4 is 5.73 Å².